The minimum atomic E-state index is -4.14. The molecule has 0 aromatic heterocycles. The zero-order valence-corrected chi connectivity index (χ0v) is 12.3. The molecule has 3 nitrogen and oxygen atoms in total. The minimum absolute atomic E-state index is 0.369. The quantitative estimate of drug-likeness (QED) is 0.786. The van der Waals surface area contributed by atoms with E-state index in [1.807, 2.05) is 36.4 Å². The molecule has 0 radical (unpaired) electrons. The monoisotopic (exact) mass is 323 g/mol. The molecule has 6 heteroatoms. The number of ether oxygens (including phenoxy) is 2. The summed E-state index contributed by atoms with van der Waals surface area (Å²) in [6, 6.07) is 11.6. The molecule has 2 heterocycles. The van der Waals surface area contributed by atoms with Crippen molar-refractivity contribution >= 4 is 10.8 Å². The van der Waals surface area contributed by atoms with Crippen LogP contribution >= 0.6 is 0 Å². The third-order valence-corrected chi connectivity index (χ3v) is 3.65. The van der Waals surface area contributed by atoms with Crippen molar-refractivity contribution in [1.82, 2.24) is 4.90 Å². The first-order valence-electron chi connectivity index (χ1n) is 7.20. The van der Waals surface area contributed by atoms with Gasteiger partial charge in [0.15, 0.2) is 0 Å². The molecule has 0 N–H and O–H groups in total. The van der Waals surface area contributed by atoms with Gasteiger partial charge in [-0.1, -0.05) is 36.4 Å². The summed E-state index contributed by atoms with van der Waals surface area (Å²) in [6.45, 7) is 0.277. The Kier molecular flexibility index (Phi) is 4.43. The standard InChI is InChI=1S/C14H12F3N.C3H4O2/c15-14(16,17)9-18-7-11-5-1-3-10-4-2-6-12(8-18)13(10)11;1-2-5-3-4-1/h1-6H,7-9H2;1-2H,3H2. The third-order valence-electron chi connectivity index (χ3n) is 3.65. The van der Waals surface area contributed by atoms with Crippen LogP contribution in [0.1, 0.15) is 11.1 Å². The largest absolute Gasteiger partial charge is 0.462 e. The van der Waals surface area contributed by atoms with E-state index >= 15 is 0 Å². The van der Waals surface area contributed by atoms with Gasteiger partial charge in [-0.05, 0) is 21.9 Å². The molecule has 0 bridgehead atoms. The minimum Gasteiger partial charge on any atom is -0.462 e. The summed E-state index contributed by atoms with van der Waals surface area (Å²) in [6.07, 6.45) is -1.11. The molecule has 0 fully saturated rings. The van der Waals surface area contributed by atoms with Gasteiger partial charge in [0.2, 0.25) is 6.79 Å². The van der Waals surface area contributed by atoms with E-state index in [4.69, 9.17) is 0 Å². The van der Waals surface area contributed by atoms with Crippen LogP contribution in [-0.4, -0.2) is 24.4 Å². The second kappa shape index (κ2) is 6.50. The second-order valence-electron chi connectivity index (χ2n) is 5.42. The molecule has 2 aromatic carbocycles. The lowest BCUT2D eigenvalue weighted by molar-refractivity contribution is -0.148. The first-order chi connectivity index (χ1) is 11.0. The number of benzene rings is 2. The van der Waals surface area contributed by atoms with Crippen molar-refractivity contribution in [3.05, 3.63) is 60.0 Å². The van der Waals surface area contributed by atoms with E-state index in [0.29, 0.717) is 19.9 Å². The number of nitrogens with zero attached hydrogens (tertiary/aromatic N) is 1. The lowest BCUT2D eigenvalue weighted by Gasteiger charge is -2.29. The fourth-order valence-electron chi connectivity index (χ4n) is 2.86. The van der Waals surface area contributed by atoms with E-state index in [0.717, 1.165) is 21.9 Å². The van der Waals surface area contributed by atoms with Gasteiger partial charge in [-0.3, -0.25) is 4.90 Å². The van der Waals surface area contributed by atoms with E-state index in [2.05, 4.69) is 9.47 Å². The van der Waals surface area contributed by atoms with Gasteiger partial charge in [0.1, 0.15) is 12.5 Å². The van der Waals surface area contributed by atoms with Gasteiger partial charge in [-0.25, -0.2) is 0 Å². The van der Waals surface area contributed by atoms with Crippen LogP contribution < -0.4 is 0 Å². The SMILES string of the molecule is C1=COCO1.FC(F)(F)CN1Cc2cccc3cccc(c23)C1. The van der Waals surface area contributed by atoms with Crippen molar-refractivity contribution in [2.45, 2.75) is 19.3 Å². The van der Waals surface area contributed by atoms with Crippen molar-refractivity contribution in [1.29, 1.82) is 0 Å². The number of hydrogen-bond acceptors (Lipinski definition) is 3. The first-order valence-corrected chi connectivity index (χ1v) is 7.20. The molecule has 2 aromatic rings. The summed E-state index contributed by atoms with van der Waals surface area (Å²) in [5.74, 6) is 0. The molecule has 2 aliphatic rings. The van der Waals surface area contributed by atoms with Crippen LogP contribution in [0.15, 0.2) is 48.9 Å². The van der Waals surface area contributed by atoms with Crippen LogP contribution in [0.4, 0.5) is 13.2 Å². The van der Waals surface area contributed by atoms with Gasteiger partial charge >= 0.3 is 6.18 Å². The maximum Gasteiger partial charge on any atom is 0.401 e. The predicted octanol–water partition coefficient (Wildman–Crippen LogP) is 4.18. The second-order valence-corrected chi connectivity index (χ2v) is 5.42. The lowest BCUT2D eigenvalue weighted by Crippen LogP contribution is -2.35. The summed E-state index contributed by atoms with van der Waals surface area (Å²) in [7, 11) is 0. The zero-order valence-electron chi connectivity index (χ0n) is 12.3. The molecule has 0 aliphatic carbocycles. The summed E-state index contributed by atoms with van der Waals surface area (Å²) in [4.78, 5) is 1.44. The highest BCUT2D eigenvalue weighted by atomic mass is 19.4. The van der Waals surface area contributed by atoms with Crippen molar-refractivity contribution in [3.63, 3.8) is 0 Å². The van der Waals surface area contributed by atoms with E-state index in [1.165, 1.54) is 17.4 Å². The van der Waals surface area contributed by atoms with E-state index in [1.54, 1.807) is 0 Å². The number of hydrogen-bond donors (Lipinski definition) is 0. The summed E-state index contributed by atoms with van der Waals surface area (Å²) < 4.78 is 46.5. The highest BCUT2D eigenvalue weighted by Crippen LogP contribution is 2.31. The van der Waals surface area contributed by atoms with Gasteiger partial charge < -0.3 is 9.47 Å². The Bertz CT molecular complexity index is 666. The molecule has 0 spiro atoms. The van der Waals surface area contributed by atoms with Gasteiger partial charge in [0, 0.05) is 13.1 Å². The molecule has 0 saturated heterocycles. The van der Waals surface area contributed by atoms with Gasteiger partial charge in [0.05, 0.1) is 6.54 Å². The van der Waals surface area contributed by atoms with Crippen molar-refractivity contribution < 1.29 is 22.6 Å². The van der Waals surface area contributed by atoms with Crippen molar-refractivity contribution in [2.24, 2.45) is 0 Å². The fraction of sp³-hybridized carbons (Fsp3) is 0.294. The number of alkyl halides is 3. The molecular weight excluding hydrogens is 307 g/mol. The molecule has 0 amide bonds. The van der Waals surface area contributed by atoms with Crippen LogP contribution in [0.25, 0.3) is 10.8 Å². The molecule has 122 valence electrons. The predicted molar refractivity (Wildman–Crippen MR) is 80.3 cm³/mol. The Morgan fingerprint density at radius 1 is 0.913 bits per heavy atom. The topological polar surface area (TPSA) is 21.7 Å². The Morgan fingerprint density at radius 3 is 1.91 bits per heavy atom. The van der Waals surface area contributed by atoms with E-state index in [-0.39, 0.29) is 0 Å². The number of rotatable bonds is 1. The van der Waals surface area contributed by atoms with E-state index in [9.17, 15) is 13.2 Å². The zero-order chi connectivity index (χ0) is 16.3. The third kappa shape index (κ3) is 3.96. The van der Waals surface area contributed by atoms with Crippen LogP contribution in [0.2, 0.25) is 0 Å². The lowest BCUT2D eigenvalue weighted by atomic mass is 9.95. The fourth-order valence-corrected chi connectivity index (χ4v) is 2.86. The summed E-state index contributed by atoms with van der Waals surface area (Å²) in [5.41, 5.74) is 1.97. The molecule has 0 unspecified atom stereocenters. The van der Waals surface area contributed by atoms with Crippen LogP contribution in [0.5, 0.6) is 0 Å². The Morgan fingerprint density at radius 2 is 1.48 bits per heavy atom. The normalized spacial score (nSPS) is 16.5. The van der Waals surface area contributed by atoms with Crippen LogP contribution in [0.3, 0.4) is 0 Å². The van der Waals surface area contributed by atoms with Crippen molar-refractivity contribution in [2.75, 3.05) is 13.3 Å². The summed E-state index contributed by atoms with van der Waals surface area (Å²) >= 11 is 0. The highest BCUT2D eigenvalue weighted by molar-refractivity contribution is 5.89. The highest BCUT2D eigenvalue weighted by Gasteiger charge is 2.32. The van der Waals surface area contributed by atoms with Gasteiger partial charge in [-0.15, -0.1) is 0 Å². The molecule has 0 atom stereocenters. The average Bonchev–Trinajstić information content (AvgIpc) is 3.05. The van der Waals surface area contributed by atoms with Crippen LogP contribution in [0, 0.1) is 0 Å². The first kappa shape index (κ1) is 15.7. The van der Waals surface area contributed by atoms with Gasteiger partial charge in [0.25, 0.3) is 0 Å². The Hall–Kier alpha value is -2.21. The van der Waals surface area contributed by atoms with Crippen molar-refractivity contribution in [3.8, 4) is 0 Å². The maximum absolute atomic E-state index is 12.5. The summed E-state index contributed by atoms with van der Waals surface area (Å²) in [5, 5.41) is 2.23. The molecular formula is C17H16F3NO2. The maximum atomic E-state index is 12.5. The molecule has 2 aliphatic heterocycles. The van der Waals surface area contributed by atoms with E-state index < -0.39 is 12.7 Å². The van der Waals surface area contributed by atoms with Gasteiger partial charge in [-0.2, -0.15) is 13.2 Å². The Labute approximate surface area is 131 Å². The average molecular weight is 323 g/mol. The Balaban J connectivity index is 0.000000267. The molecule has 0 saturated carbocycles. The smallest absolute Gasteiger partial charge is 0.401 e. The number of halogens is 3. The van der Waals surface area contributed by atoms with Crippen LogP contribution in [-0.2, 0) is 22.6 Å². The molecule has 23 heavy (non-hydrogen) atoms. The molecule has 4 rings (SSSR count).